The average Bonchev–Trinajstić information content (AvgIpc) is 2.49. The molecular formula is C17H13ClN2O2. The Morgan fingerprint density at radius 1 is 1.14 bits per heavy atom. The fourth-order valence-electron chi connectivity index (χ4n) is 2.21. The standard InChI is InChI=1S/C17H13ClN2O2/c18-17-14(8-13-9-15(21)6-7-16(13)19-17)11-20(22)10-12-4-2-1-3-5-12/h1-9,11,21H,10H2. The third kappa shape index (κ3) is 3.18. The molecule has 0 radical (unpaired) electrons. The normalized spacial score (nSPS) is 11.8. The summed E-state index contributed by atoms with van der Waals surface area (Å²) in [5, 5.41) is 22.6. The van der Waals surface area contributed by atoms with Crippen molar-refractivity contribution >= 4 is 28.7 Å². The van der Waals surface area contributed by atoms with E-state index in [2.05, 4.69) is 4.98 Å². The lowest BCUT2D eigenvalue weighted by molar-refractivity contribution is -0.469. The van der Waals surface area contributed by atoms with Gasteiger partial charge in [0, 0.05) is 10.9 Å². The van der Waals surface area contributed by atoms with Crippen molar-refractivity contribution in [2.24, 2.45) is 0 Å². The van der Waals surface area contributed by atoms with E-state index in [1.807, 2.05) is 30.3 Å². The maximum atomic E-state index is 12.1. The SMILES string of the molecule is [O-][N+](=Cc1cc2cc(O)ccc2nc1Cl)Cc1ccccc1. The summed E-state index contributed by atoms with van der Waals surface area (Å²) < 4.78 is 0.812. The van der Waals surface area contributed by atoms with E-state index in [1.54, 1.807) is 24.3 Å². The molecule has 22 heavy (non-hydrogen) atoms. The number of hydrogen-bond acceptors (Lipinski definition) is 3. The van der Waals surface area contributed by atoms with E-state index < -0.39 is 0 Å². The Hall–Kier alpha value is -2.59. The summed E-state index contributed by atoms with van der Waals surface area (Å²) in [6.07, 6.45) is 1.41. The number of pyridine rings is 1. The van der Waals surface area contributed by atoms with E-state index in [0.29, 0.717) is 11.1 Å². The molecule has 2 aromatic carbocycles. The van der Waals surface area contributed by atoms with Crippen LogP contribution in [0.1, 0.15) is 11.1 Å². The summed E-state index contributed by atoms with van der Waals surface area (Å²) in [5.41, 5.74) is 2.10. The maximum absolute atomic E-state index is 12.1. The highest BCUT2D eigenvalue weighted by atomic mass is 35.5. The number of nitrogens with zero attached hydrogens (tertiary/aromatic N) is 2. The number of rotatable bonds is 3. The molecule has 0 aliphatic heterocycles. The Morgan fingerprint density at radius 2 is 1.91 bits per heavy atom. The van der Waals surface area contributed by atoms with E-state index in [0.717, 1.165) is 15.7 Å². The van der Waals surface area contributed by atoms with Crippen LogP contribution < -0.4 is 0 Å². The molecule has 0 spiro atoms. The number of fused-ring (bicyclic) bond motifs is 1. The first kappa shape index (κ1) is 14.4. The van der Waals surface area contributed by atoms with Gasteiger partial charge in [-0.1, -0.05) is 41.9 Å². The number of hydroxylamine groups is 1. The monoisotopic (exact) mass is 312 g/mol. The predicted octanol–water partition coefficient (Wildman–Crippen LogP) is 3.72. The molecule has 0 atom stereocenters. The number of hydrogen-bond donors (Lipinski definition) is 1. The largest absolute Gasteiger partial charge is 0.624 e. The van der Waals surface area contributed by atoms with E-state index in [9.17, 15) is 10.3 Å². The van der Waals surface area contributed by atoms with E-state index in [1.165, 1.54) is 6.21 Å². The molecule has 0 aliphatic rings. The van der Waals surface area contributed by atoms with Gasteiger partial charge in [0.25, 0.3) is 0 Å². The minimum absolute atomic E-state index is 0.144. The first-order valence-electron chi connectivity index (χ1n) is 6.74. The number of aromatic nitrogens is 1. The van der Waals surface area contributed by atoms with Crippen molar-refractivity contribution in [1.82, 2.24) is 4.98 Å². The summed E-state index contributed by atoms with van der Waals surface area (Å²) in [7, 11) is 0. The molecular weight excluding hydrogens is 300 g/mol. The smallest absolute Gasteiger partial charge is 0.185 e. The summed E-state index contributed by atoms with van der Waals surface area (Å²) in [4.78, 5) is 4.23. The first-order chi connectivity index (χ1) is 10.6. The molecule has 110 valence electrons. The molecule has 0 fully saturated rings. The minimum Gasteiger partial charge on any atom is -0.624 e. The molecule has 0 unspecified atom stereocenters. The molecule has 0 saturated heterocycles. The number of aromatic hydroxyl groups is 1. The van der Waals surface area contributed by atoms with Crippen LogP contribution in [0.5, 0.6) is 5.75 Å². The van der Waals surface area contributed by atoms with Crippen LogP contribution in [0.3, 0.4) is 0 Å². The van der Waals surface area contributed by atoms with Gasteiger partial charge >= 0.3 is 0 Å². The van der Waals surface area contributed by atoms with Crippen molar-refractivity contribution in [2.75, 3.05) is 0 Å². The van der Waals surface area contributed by atoms with Crippen molar-refractivity contribution in [2.45, 2.75) is 6.54 Å². The zero-order valence-electron chi connectivity index (χ0n) is 11.6. The summed E-state index contributed by atoms with van der Waals surface area (Å²) in [6, 6.07) is 16.0. The summed E-state index contributed by atoms with van der Waals surface area (Å²) in [6.45, 7) is 0.231. The van der Waals surface area contributed by atoms with Crippen LogP contribution in [-0.2, 0) is 6.54 Å². The highest BCUT2D eigenvalue weighted by Crippen LogP contribution is 2.22. The van der Waals surface area contributed by atoms with Gasteiger partial charge in [-0.15, -0.1) is 0 Å². The second kappa shape index (κ2) is 6.03. The Bertz CT molecular complexity index is 848. The maximum Gasteiger partial charge on any atom is 0.185 e. The molecule has 0 amide bonds. The molecule has 4 nitrogen and oxygen atoms in total. The minimum atomic E-state index is 0.144. The lowest BCUT2D eigenvalue weighted by atomic mass is 10.1. The van der Waals surface area contributed by atoms with Crippen molar-refractivity contribution in [3.8, 4) is 5.75 Å². The van der Waals surface area contributed by atoms with Gasteiger partial charge in [-0.2, -0.15) is 0 Å². The average molecular weight is 313 g/mol. The van der Waals surface area contributed by atoms with Gasteiger partial charge in [-0.05, 0) is 24.3 Å². The van der Waals surface area contributed by atoms with Crippen LogP contribution in [0.2, 0.25) is 5.15 Å². The predicted molar refractivity (Wildman–Crippen MR) is 87.4 cm³/mol. The third-order valence-corrected chi connectivity index (χ3v) is 3.55. The van der Waals surface area contributed by atoms with E-state index in [4.69, 9.17) is 11.6 Å². The Labute approximate surface area is 132 Å². The molecule has 1 aromatic heterocycles. The van der Waals surface area contributed by atoms with Crippen LogP contribution >= 0.6 is 11.6 Å². The van der Waals surface area contributed by atoms with Crippen LogP contribution in [0.25, 0.3) is 10.9 Å². The molecule has 1 N–H and O–H groups in total. The molecule has 0 aliphatic carbocycles. The molecule has 0 saturated carbocycles. The Balaban J connectivity index is 1.95. The topological polar surface area (TPSA) is 59.2 Å². The molecule has 3 aromatic rings. The van der Waals surface area contributed by atoms with Crippen molar-refractivity contribution in [3.63, 3.8) is 0 Å². The molecule has 0 bridgehead atoms. The third-order valence-electron chi connectivity index (χ3n) is 3.24. The highest BCUT2D eigenvalue weighted by Gasteiger charge is 2.07. The van der Waals surface area contributed by atoms with Crippen molar-refractivity contribution in [3.05, 3.63) is 76.1 Å². The summed E-state index contributed by atoms with van der Waals surface area (Å²) >= 11 is 6.12. The lowest BCUT2D eigenvalue weighted by Crippen LogP contribution is -2.06. The lowest BCUT2D eigenvalue weighted by Gasteiger charge is -2.06. The highest BCUT2D eigenvalue weighted by molar-refractivity contribution is 6.32. The van der Waals surface area contributed by atoms with Gasteiger partial charge in [0.15, 0.2) is 12.8 Å². The fraction of sp³-hybridized carbons (Fsp3) is 0.0588. The number of phenolic OH excluding ortho intramolecular Hbond substituents is 1. The Kier molecular flexibility index (Phi) is 3.94. The zero-order chi connectivity index (χ0) is 15.5. The first-order valence-corrected chi connectivity index (χ1v) is 7.11. The van der Waals surface area contributed by atoms with Gasteiger partial charge < -0.3 is 10.3 Å². The quantitative estimate of drug-likeness (QED) is 0.263. The van der Waals surface area contributed by atoms with Gasteiger partial charge in [0.2, 0.25) is 0 Å². The van der Waals surface area contributed by atoms with Crippen molar-refractivity contribution in [1.29, 1.82) is 0 Å². The van der Waals surface area contributed by atoms with Crippen LogP contribution in [0, 0.1) is 5.21 Å². The Morgan fingerprint density at radius 3 is 2.68 bits per heavy atom. The van der Waals surface area contributed by atoms with E-state index >= 15 is 0 Å². The van der Waals surface area contributed by atoms with Gasteiger partial charge in [-0.3, -0.25) is 0 Å². The van der Waals surface area contributed by atoms with Crippen molar-refractivity contribution < 1.29 is 9.85 Å². The molecule has 3 rings (SSSR count). The summed E-state index contributed by atoms with van der Waals surface area (Å²) in [5.74, 6) is 0.144. The second-order valence-corrected chi connectivity index (χ2v) is 5.29. The molecule has 1 heterocycles. The zero-order valence-corrected chi connectivity index (χ0v) is 12.4. The van der Waals surface area contributed by atoms with Crippen LogP contribution in [0.4, 0.5) is 0 Å². The van der Waals surface area contributed by atoms with Crippen LogP contribution in [0.15, 0.2) is 54.6 Å². The van der Waals surface area contributed by atoms with Gasteiger partial charge in [-0.25, -0.2) is 9.72 Å². The molecule has 5 heteroatoms. The van der Waals surface area contributed by atoms with E-state index in [-0.39, 0.29) is 17.4 Å². The second-order valence-electron chi connectivity index (χ2n) is 4.94. The number of phenols is 1. The number of halogens is 1. The fourth-order valence-corrected chi connectivity index (χ4v) is 2.41. The van der Waals surface area contributed by atoms with Crippen LogP contribution in [-0.4, -0.2) is 21.0 Å². The van der Waals surface area contributed by atoms with Gasteiger partial charge in [0.1, 0.15) is 10.9 Å². The van der Waals surface area contributed by atoms with Gasteiger partial charge in [0.05, 0.1) is 11.1 Å². The number of benzene rings is 2.